The zero-order valence-corrected chi connectivity index (χ0v) is 9.51. The van der Waals surface area contributed by atoms with E-state index in [1.54, 1.807) is 7.11 Å². The lowest BCUT2D eigenvalue weighted by molar-refractivity contribution is -0.117. The van der Waals surface area contributed by atoms with Crippen molar-refractivity contribution in [1.29, 1.82) is 0 Å². The first-order valence-electron chi connectivity index (χ1n) is 5.33. The van der Waals surface area contributed by atoms with Crippen LogP contribution in [0.2, 0.25) is 0 Å². The molecule has 1 aliphatic carbocycles. The summed E-state index contributed by atoms with van der Waals surface area (Å²) in [7, 11) is 1.61. The number of nitrogens with two attached hydrogens (primary N) is 1. The fourth-order valence-corrected chi connectivity index (χ4v) is 1.84. The van der Waals surface area contributed by atoms with Crippen molar-refractivity contribution in [3.05, 3.63) is 11.4 Å². The Bertz CT molecular complexity index is 402. The summed E-state index contributed by atoms with van der Waals surface area (Å²) in [6, 6.07) is 0.402. The summed E-state index contributed by atoms with van der Waals surface area (Å²) in [6.07, 6.45) is 1.23. The van der Waals surface area contributed by atoms with Crippen LogP contribution in [0.3, 0.4) is 0 Å². The Balaban J connectivity index is 2.24. The van der Waals surface area contributed by atoms with Crippen molar-refractivity contribution in [2.24, 2.45) is 11.7 Å². The van der Waals surface area contributed by atoms with Crippen molar-refractivity contribution in [2.75, 3.05) is 7.11 Å². The Kier molecular flexibility index (Phi) is 2.91. The standard InChI is InChI=1S/C10H16N4O2/c1-6-3-8(6)14-9(5-16-2)7(12-13-14)4-10(11)15/h6,8H,3-5H2,1-2H3,(H2,11,15). The van der Waals surface area contributed by atoms with Crippen LogP contribution < -0.4 is 5.73 Å². The van der Waals surface area contributed by atoms with Gasteiger partial charge in [-0.25, -0.2) is 4.68 Å². The molecule has 0 radical (unpaired) electrons. The van der Waals surface area contributed by atoms with Gasteiger partial charge >= 0.3 is 0 Å². The number of carbonyl (C=O) groups excluding carboxylic acids is 1. The van der Waals surface area contributed by atoms with Crippen molar-refractivity contribution in [3.63, 3.8) is 0 Å². The van der Waals surface area contributed by atoms with Crippen LogP contribution in [0, 0.1) is 5.92 Å². The van der Waals surface area contributed by atoms with Gasteiger partial charge in [0.2, 0.25) is 5.91 Å². The third kappa shape index (κ3) is 2.06. The second-order valence-corrected chi connectivity index (χ2v) is 4.28. The van der Waals surface area contributed by atoms with Crippen molar-refractivity contribution >= 4 is 5.91 Å². The van der Waals surface area contributed by atoms with Gasteiger partial charge in [-0.15, -0.1) is 5.10 Å². The summed E-state index contributed by atoms with van der Waals surface area (Å²) in [6.45, 7) is 2.58. The lowest BCUT2D eigenvalue weighted by Gasteiger charge is -2.05. The Morgan fingerprint density at radius 3 is 2.88 bits per heavy atom. The van der Waals surface area contributed by atoms with Crippen molar-refractivity contribution in [3.8, 4) is 0 Å². The molecule has 2 N–H and O–H groups in total. The second kappa shape index (κ2) is 4.21. The molecule has 2 atom stereocenters. The van der Waals surface area contributed by atoms with E-state index in [1.807, 2.05) is 4.68 Å². The average molecular weight is 224 g/mol. The quantitative estimate of drug-likeness (QED) is 0.765. The maximum Gasteiger partial charge on any atom is 0.223 e. The maximum absolute atomic E-state index is 10.9. The van der Waals surface area contributed by atoms with Crippen LogP contribution in [0.4, 0.5) is 0 Å². The molecule has 0 aliphatic heterocycles. The van der Waals surface area contributed by atoms with Gasteiger partial charge in [0.25, 0.3) is 0 Å². The van der Waals surface area contributed by atoms with E-state index in [0.29, 0.717) is 24.3 Å². The number of rotatable bonds is 5. The normalized spacial score (nSPS) is 23.4. The molecule has 0 aromatic carbocycles. The molecule has 0 spiro atoms. The average Bonchev–Trinajstić information content (AvgIpc) is 2.80. The van der Waals surface area contributed by atoms with E-state index in [-0.39, 0.29) is 6.42 Å². The highest BCUT2D eigenvalue weighted by Gasteiger charge is 2.37. The van der Waals surface area contributed by atoms with Crippen molar-refractivity contribution in [2.45, 2.75) is 32.4 Å². The molecule has 1 aliphatic rings. The molecule has 0 bridgehead atoms. The van der Waals surface area contributed by atoms with E-state index < -0.39 is 5.91 Å². The summed E-state index contributed by atoms with van der Waals surface area (Å²) in [5.74, 6) is 0.229. The minimum Gasteiger partial charge on any atom is -0.378 e. The zero-order valence-electron chi connectivity index (χ0n) is 9.51. The maximum atomic E-state index is 10.9. The number of carbonyl (C=O) groups is 1. The van der Waals surface area contributed by atoms with E-state index in [9.17, 15) is 4.79 Å². The molecular weight excluding hydrogens is 208 g/mol. The Morgan fingerprint density at radius 1 is 1.69 bits per heavy atom. The molecule has 1 saturated carbocycles. The molecule has 1 aromatic rings. The van der Waals surface area contributed by atoms with Gasteiger partial charge < -0.3 is 10.5 Å². The zero-order chi connectivity index (χ0) is 11.7. The highest BCUT2D eigenvalue weighted by atomic mass is 16.5. The summed E-state index contributed by atoms with van der Waals surface area (Å²) in [5.41, 5.74) is 6.66. The van der Waals surface area contributed by atoms with Crippen LogP contribution in [0.1, 0.15) is 30.8 Å². The smallest absolute Gasteiger partial charge is 0.223 e. The van der Waals surface area contributed by atoms with Crippen LogP contribution >= 0.6 is 0 Å². The molecule has 0 saturated heterocycles. The molecular formula is C10H16N4O2. The number of hydrogen-bond donors (Lipinski definition) is 1. The minimum atomic E-state index is -0.395. The first-order valence-corrected chi connectivity index (χ1v) is 5.33. The SMILES string of the molecule is COCc1c(CC(N)=O)nnn1C1CC1C. The lowest BCUT2D eigenvalue weighted by atomic mass is 10.2. The summed E-state index contributed by atoms with van der Waals surface area (Å²) >= 11 is 0. The predicted molar refractivity (Wildman–Crippen MR) is 56.5 cm³/mol. The fourth-order valence-electron chi connectivity index (χ4n) is 1.84. The number of nitrogens with zero attached hydrogens (tertiary/aromatic N) is 3. The number of primary amides is 1. The van der Waals surface area contributed by atoms with Gasteiger partial charge in [0, 0.05) is 7.11 Å². The molecule has 2 unspecified atom stereocenters. The van der Waals surface area contributed by atoms with Gasteiger partial charge in [0.15, 0.2) is 0 Å². The number of ether oxygens (including phenoxy) is 1. The van der Waals surface area contributed by atoms with E-state index >= 15 is 0 Å². The Hall–Kier alpha value is -1.43. The van der Waals surface area contributed by atoms with Crippen LogP contribution in [-0.2, 0) is 22.6 Å². The first kappa shape index (κ1) is 11.1. The first-order chi connectivity index (χ1) is 7.63. The number of methoxy groups -OCH3 is 1. The molecule has 88 valence electrons. The van der Waals surface area contributed by atoms with Crippen molar-refractivity contribution < 1.29 is 9.53 Å². The second-order valence-electron chi connectivity index (χ2n) is 4.28. The third-order valence-electron chi connectivity index (χ3n) is 2.88. The van der Waals surface area contributed by atoms with E-state index in [4.69, 9.17) is 10.5 Å². The molecule has 1 aromatic heterocycles. The highest BCUT2D eigenvalue weighted by molar-refractivity contribution is 5.76. The molecule has 2 rings (SSSR count). The Labute approximate surface area is 93.8 Å². The third-order valence-corrected chi connectivity index (χ3v) is 2.88. The molecule has 1 fully saturated rings. The number of hydrogen-bond acceptors (Lipinski definition) is 4. The molecule has 16 heavy (non-hydrogen) atoms. The van der Waals surface area contributed by atoms with Gasteiger partial charge in [-0.05, 0) is 12.3 Å². The summed E-state index contributed by atoms with van der Waals surface area (Å²) in [5, 5.41) is 8.08. The van der Waals surface area contributed by atoms with Crippen LogP contribution in [0.25, 0.3) is 0 Å². The topological polar surface area (TPSA) is 83.0 Å². The minimum absolute atomic E-state index is 0.125. The van der Waals surface area contributed by atoms with Gasteiger partial charge in [-0.2, -0.15) is 0 Å². The fraction of sp³-hybridized carbons (Fsp3) is 0.700. The lowest BCUT2D eigenvalue weighted by Crippen LogP contribution is -2.16. The van der Waals surface area contributed by atoms with E-state index in [1.165, 1.54) is 0 Å². The predicted octanol–water partition coefficient (Wildman–Crippen LogP) is 0.0332. The highest BCUT2D eigenvalue weighted by Crippen LogP contribution is 2.43. The summed E-state index contributed by atoms with van der Waals surface area (Å²) in [4.78, 5) is 10.9. The molecule has 6 nitrogen and oxygen atoms in total. The van der Waals surface area contributed by atoms with Gasteiger partial charge in [0.1, 0.15) is 0 Å². The Morgan fingerprint density at radius 2 is 2.38 bits per heavy atom. The van der Waals surface area contributed by atoms with Gasteiger partial charge in [-0.1, -0.05) is 12.1 Å². The van der Waals surface area contributed by atoms with Gasteiger partial charge in [0.05, 0.1) is 30.5 Å². The van der Waals surface area contributed by atoms with E-state index in [0.717, 1.165) is 12.1 Å². The monoisotopic (exact) mass is 224 g/mol. The number of amides is 1. The van der Waals surface area contributed by atoms with Crippen LogP contribution in [0.15, 0.2) is 0 Å². The number of aromatic nitrogens is 3. The summed E-state index contributed by atoms with van der Waals surface area (Å²) < 4.78 is 6.98. The van der Waals surface area contributed by atoms with Gasteiger partial charge in [-0.3, -0.25) is 4.79 Å². The molecule has 1 amide bonds. The van der Waals surface area contributed by atoms with E-state index in [2.05, 4.69) is 17.2 Å². The largest absolute Gasteiger partial charge is 0.378 e. The molecule has 1 heterocycles. The van der Waals surface area contributed by atoms with Crippen molar-refractivity contribution in [1.82, 2.24) is 15.0 Å². The van der Waals surface area contributed by atoms with Crippen LogP contribution in [-0.4, -0.2) is 28.0 Å². The molecule has 6 heteroatoms. The van der Waals surface area contributed by atoms with Crippen LogP contribution in [0.5, 0.6) is 0 Å².